The Morgan fingerprint density at radius 1 is 1.08 bits per heavy atom. The average molecular weight is 326 g/mol. The second-order valence-corrected chi connectivity index (χ2v) is 4.96. The van der Waals surface area contributed by atoms with E-state index in [2.05, 4.69) is 10.2 Å². The fraction of sp³-hybridized carbons (Fsp3) is 0.0588. The van der Waals surface area contributed by atoms with Crippen LogP contribution in [0.25, 0.3) is 10.8 Å². The molecule has 3 rings (SSSR count). The van der Waals surface area contributed by atoms with E-state index in [-0.39, 0.29) is 16.6 Å². The molecule has 6 nitrogen and oxygen atoms in total. The highest BCUT2D eigenvalue weighted by molar-refractivity contribution is 6.04. The van der Waals surface area contributed by atoms with E-state index >= 15 is 0 Å². The predicted octanol–water partition coefficient (Wildman–Crippen LogP) is 2.10. The van der Waals surface area contributed by atoms with E-state index in [1.165, 1.54) is 18.2 Å². The van der Waals surface area contributed by atoms with Crippen LogP contribution in [-0.4, -0.2) is 28.6 Å². The van der Waals surface area contributed by atoms with E-state index < -0.39 is 29.7 Å². The van der Waals surface area contributed by atoms with Gasteiger partial charge in [0.2, 0.25) is 0 Å². The second-order valence-electron chi connectivity index (χ2n) is 4.96. The number of hydrogen-bond donors (Lipinski definition) is 1. The van der Waals surface area contributed by atoms with Crippen molar-refractivity contribution in [3.05, 3.63) is 76.0 Å². The number of ketones is 1. The summed E-state index contributed by atoms with van der Waals surface area (Å²) in [6.45, 7) is -0.558. The SMILES string of the molecule is O=C(COC(=O)c1n[nH]c(=O)c2ccccc12)c1cccc(F)c1. The number of benzene rings is 2. The number of H-pyrrole nitrogens is 1. The number of halogens is 1. The number of nitrogens with one attached hydrogen (secondary N) is 1. The molecule has 0 aliphatic heterocycles. The quantitative estimate of drug-likeness (QED) is 0.586. The zero-order valence-electron chi connectivity index (χ0n) is 12.3. The van der Waals surface area contributed by atoms with Gasteiger partial charge in [0.25, 0.3) is 5.56 Å². The van der Waals surface area contributed by atoms with Crippen LogP contribution in [0, 0.1) is 5.82 Å². The summed E-state index contributed by atoms with van der Waals surface area (Å²) in [5.74, 6) is -1.95. The van der Waals surface area contributed by atoms with Gasteiger partial charge in [-0.05, 0) is 18.2 Å². The third-order valence-corrected chi connectivity index (χ3v) is 3.37. The summed E-state index contributed by atoms with van der Waals surface area (Å²) in [7, 11) is 0. The number of aromatic amines is 1. The van der Waals surface area contributed by atoms with Gasteiger partial charge in [-0.2, -0.15) is 5.10 Å². The predicted molar refractivity (Wildman–Crippen MR) is 83.4 cm³/mol. The minimum atomic E-state index is -0.854. The van der Waals surface area contributed by atoms with Gasteiger partial charge in [-0.15, -0.1) is 0 Å². The van der Waals surface area contributed by atoms with Gasteiger partial charge in [-0.3, -0.25) is 9.59 Å². The molecule has 0 saturated heterocycles. The molecule has 1 heterocycles. The second kappa shape index (κ2) is 6.41. The number of aromatic nitrogens is 2. The Labute approximate surface area is 134 Å². The first-order valence-electron chi connectivity index (χ1n) is 6.99. The summed E-state index contributed by atoms with van der Waals surface area (Å²) in [6.07, 6.45) is 0. The Morgan fingerprint density at radius 2 is 1.83 bits per heavy atom. The first kappa shape index (κ1) is 15.5. The maximum absolute atomic E-state index is 13.1. The van der Waals surface area contributed by atoms with Gasteiger partial charge < -0.3 is 4.74 Å². The minimum Gasteiger partial charge on any atom is -0.452 e. The Morgan fingerprint density at radius 3 is 2.58 bits per heavy atom. The molecular formula is C17H11FN2O4. The van der Waals surface area contributed by atoms with Crippen molar-refractivity contribution in [1.82, 2.24) is 10.2 Å². The first-order valence-corrected chi connectivity index (χ1v) is 6.99. The van der Waals surface area contributed by atoms with Gasteiger partial charge in [0, 0.05) is 10.9 Å². The van der Waals surface area contributed by atoms with Crippen molar-refractivity contribution < 1.29 is 18.7 Å². The van der Waals surface area contributed by atoms with Crippen molar-refractivity contribution in [2.75, 3.05) is 6.61 Å². The normalized spacial score (nSPS) is 10.5. The molecule has 0 aliphatic carbocycles. The largest absolute Gasteiger partial charge is 0.452 e. The van der Waals surface area contributed by atoms with Gasteiger partial charge in [-0.1, -0.05) is 30.3 Å². The van der Waals surface area contributed by atoms with Gasteiger partial charge >= 0.3 is 5.97 Å². The van der Waals surface area contributed by atoms with Crippen LogP contribution in [-0.2, 0) is 4.74 Å². The van der Waals surface area contributed by atoms with Gasteiger partial charge in [-0.25, -0.2) is 14.3 Å². The molecule has 120 valence electrons. The Balaban J connectivity index is 1.80. The number of carbonyl (C=O) groups excluding carboxylic acids is 2. The topological polar surface area (TPSA) is 89.1 Å². The number of esters is 1. The molecule has 0 radical (unpaired) electrons. The van der Waals surface area contributed by atoms with Crippen LogP contribution in [0.1, 0.15) is 20.8 Å². The van der Waals surface area contributed by atoms with Crippen LogP contribution in [0.3, 0.4) is 0 Å². The maximum Gasteiger partial charge on any atom is 0.359 e. The molecule has 24 heavy (non-hydrogen) atoms. The Bertz CT molecular complexity index is 997. The zero-order valence-corrected chi connectivity index (χ0v) is 12.3. The van der Waals surface area contributed by atoms with Gasteiger partial charge in [0.15, 0.2) is 18.1 Å². The van der Waals surface area contributed by atoms with Crippen LogP contribution < -0.4 is 5.56 Å². The Kier molecular flexibility index (Phi) is 4.15. The zero-order chi connectivity index (χ0) is 17.1. The van der Waals surface area contributed by atoms with Crippen molar-refractivity contribution in [1.29, 1.82) is 0 Å². The van der Waals surface area contributed by atoms with E-state index in [4.69, 9.17) is 4.74 Å². The van der Waals surface area contributed by atoms with E-state index in [0.717, 1.165) is 6.07 Å². The highest BCUT2D eigenvalue weighted by Gasteiger charge is 2.17. The number of carbonyl (C=O) groups is 2. The molecule has 0 spiro atoms. The smallest absolute Gasteiger partial charge is 0.359 e. The summed E-state index contributed by atoms with van der Waals surface area (Å²) in [5, 5.41) is 6.51. The number of Topliss-reactive ketones (excluding diaryl/α,β-unsaturated/α-hetero) is 1. The van der Waals surface area contributed by atoms with Crippen molar-refractivity contribution in [3.8, 4) is 0 Å². The Hall–Kier alpha value is -3.35. The lowest BCUT2D eigenvalue weighted by Gasteiger charge is -2.06. The van der Waals surface area contributed by atoms with Gasteiger partial charge in [0.1, 0.15) is 5.82 Å². The molecule has 1 aromatic heterocycles. The van der Waals surface area contributed by atoms with Crippen molar-refractivity contribution in [2.24, 2.45) is 0 Å². The molecule has 0 bridgehead atoms. The number of nitrogens with zero attached hydrogens (tertiary/aromatic N) is 1. The lowest BCUT2D eigenvalue weighted by atomic mass is 10.1. The monoisotopic (exact) mass is 326 g/mol. The molecule has 0 atom stereocenters. The third kappa shape index (κ3) is 3.05. The standard InChI is InChI=1S/C17H11FN2O4/c18-11-5-3-4-10(8-11)14(21)9-24-17(23)15-12-6-1-2-7-13(12)16(22)20-19-15/h1-8H,9H2,(H,20,22). The first-order chi connectivity index (χ1) is 11.6. The van der Waals surface area contributed by atoms with E-state index in [1.807, 2.05) is 0 Å². The molecule has 0 amide bonds. The van der Waals surface area contributed by atoms with Crippen LogP contribution in [0.2, 0.25) is 0 Å². The molecular weight excluding hydrogens is 315 g/mol. The van der Waals surface area contributed by atoms with Crippen LogP contribution in [0.4, 0.5) is 4.39 Å². The molecule has 1 N–H and O–H groups in total. The lowest BCUT2D eigenvalue weighted by molar-refractivity contribution is 0.0470. The van der Waals surface area contributed by atoms with Crippen molar-refractivity contribution in [3.63, 3.8) is 0 Å². The highest BCUT2D eigenvalue weighted by atomic mass is 19.1. The average Bonchev–Trinajstić information content (AvgIpc) is 2.60. The lowest BCUT2D eigenvalue weighted by Crippen LogP contribution is -2.19. The van der Waals surface area contributed by atoms with Crippen LogP contribution in [0.5, 0.6) is 0 Å². The summed E-state index contributed by atoms with van der Waals surface area (Å²) in [5.41, 5.74) is -0.433. The third-order valence-electron chi connectivity index (χ3n) is 3.37. The molecule has 7 heteroatoms. The molecule has 2 aromatic carbocycles. The van der Waals surface area contributed by atoms with E-state index in [9.17, 15) is 18.8 Å². The molecule has 0 fully saturated rings. The van der Waals surface area contributed by atoms with Crippen molar-refractivity contribution in [2.45, 2.75) is 0 Å². The van der Waals surface area contributed by atoms with Crippen LogP contribution >= 0.6 is 0 Å². The maximum atomic E-state index is 13.1. The van der Waals surface area contributed by atoms with E-state index in [1.54, 1.807) is 24.3 Å². The fourth-order valence-electron chi connectivity index (χ4n) is 2.22. The van der Waals surface area contributed by atoms with Crippen LogP contribution in [0.15, 0.2) is 53.3 Å². The highest BCUT2D eigenvalue weighted by Crippen LogP contribution is 2.13. The number of hydrogen-bond acceptors (Lipinski definition) is 5. The summed E-state index contributed by atoms with van der Waals surface area (Å²) < 4.78 is 18.0. The molecule has 0 aliphatic rings. The van der Waals surface area contributed by atoms with Gasteiger partial charge in [0.05, 0.1) is 5.39 Å². The minimum absolute atomic E-state index is 0.0992. The number of ether oxygens (including phenoxy) is 1. The van der Waals surface area contributed by atoms with E-state index in [0.29, 0.717) is 5.39 Å². The summed E-state index contributed by atoms with van der Waals surface area (Å²) >= 11 is 0. The van der Waals surface area contributed by atoms with Crippen molar-refractivity contribution >= 4 is 22.5 Å². The summed E-state index contributed by atoms with van der Waals surface area (Å²) in [6, 6.07) is 11.5. The number of rotatable bonds is 4. The molecule has 0 unspecified atom stereocenters. The molecule has 0 saturated carbocycles. The fourth-order valence-corrected chi connectivity index (χ4v) is 2.22. The number of fused-ring (bicyclic) bond motifs is 1. The molecule has 3 aromatic rings. The summed E-state index contributed by atoms with van der Waals surface area (Å²) in [4.78, 5) is 35.7.